The fraction of sp³-hybridized carbons (Fsp3) is 0.200. The lowest BCUT2D eigenvalue weighted by atomic mass is 10.0. The van der Waals surface area contributed by atoms with Crippen molar-refractivity contribution in [1.29, 1.82) is 0 Å². The summed E-state index contributed by atoms with van der Waals surface area (Å²) in [5, 5.41) is 4.68. The van der Waals surface area contributed by atoms with E-state index in [1.807, 2.05) is 42.5 Å². The summed E-state index contributed by atoms with van der Waals surface area (Å²) in [6.07, 6.45) is 2.79. The molecule has 0 saturated heterocycles. The van der Waals surface area contributed by atoms with Crippen LogP contribution in [0.15, 0.2) is 60.8 Å². The second-order valence-corrected chi connectivity index (χ2v) is 5.92. The molecule has 0 aliphatic rings. The van der Waals surface area contributed by atoms with E-state index >= 15 is 0 Å². The Balaban J connectivity index is 2.11. The summed E-state index contributed by atoms with van der Waals surface area (Å²) >= 11 is 0. The van der Waals surface area contributed by atoms with Crippen molar-refractivity contribution in [2.24, 2.45) is 0 Å². The van der Waals surface area contributed by atoms with Crippen molar-refractivity contribution in [2.75, 3.05) is 14.1 Å². The molecule has 0 bridgehead atoms. The molecule has 0 N–H and O–H groups in total. The van der Waals surface area contributed by atoms with Crippen LogP contribution in [0.25, 0.3) is 16.9 Å². The standard InChI is InChI=1S/C20H21N3O/c1-4-15-10-12-16(13-11-15)19-18(20(24)22(2)3)14-23(21-19)17-8-6-5-7-9-17/h5-14H,4H2,1-3H3. The van der Waals surface area contributed by atoms with Crippen LogP contribution in [0.4, 0.5) is 0 Å². The van der Waals surface area contributed by atoms with Gasteiger partial charge in [-0.3, -0.25) is 4.79 Å². The molecule has 1 amide bonds. The number of nitrogens with zero attached hydrogens (tertiary/aromatic N) is 3. The molecule has 1 heterocycles. The van der Waals surface area contributed by atoms with E-state index in [-0.39, 0.29) is 5.91 Å². The molecule has 4 heteroatoms. The summed E-state index contributed by atoms with van der Waals surface area (Å²) in [5.41, 5.74) is 4.46. The smallest absolute Gasteiger partial charge is 0.257 e. The monoisotopic (exact) mass is 319 g/mol. The number of aryl methyl sites for hydroxylation is 1. The van der Waals surface area contributed by atoms with Crippen molar-refractivity contribution in [3.8, 4) is 16.9 Å². The third-order valence-electron chi connectivity index (χ3n) is 4.01. The minimum atomic E-state index is -0.0493. The zero-order valence-electron chi connectivity index (χ0n) is 14.2. The van der Waals surface area contributed by atoms with Crippen molar-refractivity contribution in [2.45, 2.75) is 13.3 Å². The van der Waals surface area contributed by atoms with E-state index in [9.17, 15) is 4.79 Å². The number of benzene rings is 2. The van der Waals surface area contributed by atoms with Gasteiger partial charge in [0.25, 0.3) is 5.91 Å². The van der Waals surface area contributed by atoms with Gasteiger partial charge in [0.05, 0.1) is 11.3 Å². The van der Waals surface area contributed by atoms with Gasteiger partial charge in [-0.2, -0.15) is 5.10 Å². The molecule has 0 aliphatic heterocycles. The molecule has 0 atom stereocenters. The van der Waals surface area contributed by atoms with E-state index in [1.54, 1.807) is 29.9 Å². The van der Waals surface area contributed by atoms with Crippen LogP contribution in [0.1, 0.15) is 22.8 Å². The number of carbonyl (C=O) groups is 1. The summed E-state index contributed by atoms with van der Waals surface area (Å²) in [4.78, 5) is 14.2. The molecule has 0 fully saturated rings. The Bertz CT molecular complexity index is 833. The molecule has 0 aliphatic carbocycles. The van der Waals surface area contributed by atoms with Crippen molar-refractivity contribution < 1.29 is 4.79 Å². The Morgan fingerprint density at radius 2 is 1.71 bits per heavy atom. The van der Waals surface area contributed by atoms with Gasteiger partial charge < -0.3 is 4.90 Å². The molecule has 3 rings (SSSR count). The maximum Gasteiger partial charge on any atom is 0.257 e. The normalized spacial score (nSPS) is 10.6. The van der Waals surface area contributed by atoms with Crippen LogP contribution >= 0.6 is 0 Å². The minimum Gasteiger partial charge on any atom is -0.345 e. The predicted octanol–water partition coefficient (Wildman–Crippen LogP) is 3.80. The highest BCUT2D eigenvalue weighted by atomic mass is 16.2. The van der Waals surface area contributed by atoms with Gasteiger partial charge >= 0.3 is 0 Å². The molecule has 0 saturated carbocycles. The number of rotatable bonds is 4. The van der Waals surface area contributed by atoms with Gasteiger partial charge in [0.1, 0.15) is 5.69 Å². The number of hydrogen-bond donors (Lipinski definition) is 0. The molecular formula is C20H21N3O. The molecule has 0 radical (unpaired) electrons. The van der Waals surface area contributed by atoms with Gasteiger partial charge in [-0.15, -0.1) is 0 Å². The second kappa shape index (κ2) is 6.71. The topological polar surface area (TPSA) is 38.1 Å². The molecule has 3 aromatic rings. The summed E-state index contributed by atoms with van der Waals surface area (Å²) in [7, 11) is 3.51. The molecule has 24 heavy (non-hydrogen) atoms. The molecule has 1 aromatic heterocycles. The van der Waals surface area contributed by atoms with Gasteiger partial charge in [-0.1, -0.05) is 49.4 Å². The fourth-order valence-electron chi connectivity index (χ4n) is 2.60. The van der Waals surface area contributed by atoms with Crippen molar-refractivity contribution >= 4 is 5.91 Å². The van der Waals surface area contributed by atoms with E-state index in [0.29, 0.717) is 11.3 Å². The Hall–Kier alpha value is -2.88. The van der Waals surface area contributed by atoms with E-state index in [1.165, 1.54) is 5.56 Å². The van der Waals surface area contributed by atoms with E-state index < -0.39 is 0 Å². The first-order chi connectivity index (χ1) is 11.6. The highest BCUT2D eigenvalue weighted by Crippen LogP contribution is 2.25. The summed E-state index contributed by atoms with van der Waals surface area (Å²) in [6, 6.07) is 18.1. The highest BCUT2D eigenvalue weighted by molar-refractivity contribution is 5.99. The Morgan fingerprint density at radius 3 is 2.29 bits per heavy atom. The fourth-order valence-corrected chi connectivity index (χ4v) is 2.60. The lowest BCUT2D eigenvalue weighted by Gasteiger charge is -2.10. The lowest BCUT2D eigenvalue weighted by Crippen LogP contribution is -2.21. The van der Waals surface area contributed by atoms with E-state index in [0.717, 1.165) is 17.7 Å². The van der Waals surface area contributed by atoms with E-state index in [2.05, 4.69) is 24.2 Å². The third kappa shape index (κ3) is 3.08. The second-order valence-electron chi connectivity index (χ2n) is 5.92. The van der Waals surface area contributed by atoms with Crippen LogP contribution < -0.4 is 0 Å². The number of aromatic nitrogens is 2. The summed E-state index contributed by atoms with van der Waals surface area (Å²) in [5.74, 6) is -0.0493. The predicted molar refractivity (Wildman–Crippen MR) is 96.4 cm³/mol. The lowest BCUT2D eigenvalue weighted by molar-refractivity contribution is 0.0828. The van der Waals surface area contributed by atoms with Gasteiger partial charge in [0, 0.05) is 25.9 Å². The number of hydrogen-bond acceptors (Lipinski definition) is 2. The number of para-hydroxylation sites is 1. The first kappa shape index (κ1) is 16.0. The average Bonchev–Trinajstić information content (AvgIpc) is 3.07. The van der Waals surface area contributed by atoms with Crippen LogP contribution in [0.5, 0.6) is 0 Å². The average molecular weight is 319 g/mol. The van der Waals surface area contributed by atoms with Gasteiger partial charge in [-0.05, 0) is 24.1 Å². The van der Waals surface area contributed by atoms with Gasteiger partial charge in [-0.25, -0.2) is 4.68 Å². The van der Waals surface area contributed by atoms with Crippen molar-refractivity contribution in [3.63, 3.8) is 0 Å². The van der Waals surface area contributed by atoms with E-state index in [4.69, 9.17) is 0 Å². The van der Waals surface area contributed by atoms with Crippen LogP contribution in [0, 0.1) is 0 Å². The van der Waals surface area contributed by atoms with Gasteiger partial charge in [0.2, 0.25) is 0 Å². The quantitative estimate of drug-likeness (QED) is 0.733. The minimum absolute atomic E-state index is 0.0493. The third-order valence-corrected chi connectivity index (χ3v) is 4.01. The van der Waals surface area contributed by atoms with Crippen molar-refractivity contribution in [3.05, 3.63) is 71.9 Å². The zero-order valence-corrected chi connectivity index (χ0v) is 14.2. The molecule has 4 nitrogen and oxygen atoms in total. The highest BCUT2D eigenvalue weighted by Gasteiger charge is 2.19. The SMILES string of the molecule is CCc1ccc(-c2nn(-c3ccccc3)cc2C(=O)N(C)C)cc1. The van der Waals surface area contributed by atoms with Crippen LogP contribution in [0.2, 0.25) is 0 Å². The van der Waals surface area contributed by atoms with Gasteiger partial charge in [0.15, 0.2) is 0 Å². The summed E-state index contributed by atoms with van der Waals surface area (Å²) in [6.45, 7) is 2.13. The zero-order chi connectivity index (χ0) is 17.1. The maximum absolute atomic E-state index is 12.6. The molecule has 2 aromatic carbocycles. The van der Waals surface area contributed by atoms with Crippen LogP contribution in [-0.4, -0.2) is 34.7 Å². The first-order valence-corrected chi connectivity index (χ1v) is 8.06. The summed E-state index contributed by atoms with van der Waals surface area (Å²) < 4.78 is 1.76. The molecule has 122 valence electrons. The largest absolute Gasteiger partial charge is 0.345 e. The van der Waals surface area contributed by atoms with Crippen LogP contribution in [0.3, 0.4) is 0 Å². The molecule has 0 unspecified atom stereocenters. The van der Waals surface area contributed by atoms with Crippen molar-refractivity contribution in [1.82, 2.24) is 14.7 Å². The Labute approximate surface area is 142 Å². The number of amides is 1. The Morgan fingerprint density at radius 1 is 1.04 bits per heavy atom. The Kier molecular flexibility index (Phi) is 4.47. The first-order valence-electron chi connectivity index (χ1n) is 8.06. The molecular weight excluding hydrogens is 298 g/mol. The number of carbonyl (C=O) groups excluding carboxylic acids is 1. The molecule has 0 spiro atoms. The maximum atomic E-state index is 12.6. The van der Waals surface area contributed by atoms with Crippen LogP contribution in [-0.2, 0) is 6.42 Å².